The maximum Gasteiger partial charge on any atom is 0.255 e. The van der Waals surface area contributed by atoms with Crippen LogP contribution in [0.15, 0.2) is 60.8 Å². The zero-order valence-electron chi connectivity index (χ0n) is 15.7. The first-order valence-corrected chi connectivity index (χ1v) is 8.87. The number of methoxy groups -OCH3 is 1. The van der Waals surface area contributed by atoms with Gasteiger partial charge in [-0.3, -0.25) is 4.79 Å². The van der Waals surface area contributed by atoms with Crippen LogP contribution in [-0.4, -0.2) is 18.0 Å². The van der Waals surface area contributed by atoms with Gasteiger partial charge in [-0.15, -0.1) is 0 Å². The lowest BCUT2D eigenvalue weighted by molar-refractivity contribution is 0.102. The Morgan fingerprint density at radius 3 is 2.56 bits per heavy atom. The van der Waals surface area contributed by atoms with Crippen LogP contribution < -0.4 is 15.4 Å². The van der Waals surface area contributed by atoms with Crippen LogP contribution in [0.5, 0.6) is 5.75 Å². The lowest BCUT2D eigenvalue weighted by Crippen LogP contribution is -2.12. The van der Waals surface area contributed by atoms with E-state index in [4.69, 9.17) is 4.74 Å². The van der Waals surface area contributed by atoms with Crippen LogP contribution in [0.1, 0.15) is 28.4 Å². The average molecular weight is 361 g/mol. The first-order chi connectivity index (χ1) is 13.1. The van der Waals surface area contributed by atoms with Gasteiger partial charge in [0.15, 0.2) is 0 Å². The van der Waals surface area contributed by atoms with Crippen LogP contribution in [0.2, 0.25) is 0 Å². The number of hydrogen-bond acceptors (Lipinski definition) is 4. The van der Waals surface area contributed by atoms with Crippen molar-refractivity contribution >= 4 is 23.1 Å². The van der Waals surface area contributed by atoms with Gasteiger partial charge in [0, 0.05) is 17.4 Å². The fourth-order valence-electron chi connectivity index (χ4n) is 2.72. The Hall–Kier alpha value is -3.34. The molecule has 0 saturated carbocycles. The zero-order chi connectivity index (χ0) is 19.2. The number of aromatic nitrogens is 1. The van der Waals surface area contributed by atoms with Gasteiger partial charge in [-0.25, -0.2) is 4.98 Å². The zero-order valence-corrected chi connectivity index (χ0v) is 15.7. The Kier molecular flexibility index (Phi) is 5.71. The maximum atomic E-state index is 12.6. The van der Waals surface area contributed by atoms with Gasteiger partial charge in [-0.05, 0) is 60.9 Å². The topological polar surface area (TPSA) is 63.2 Å². The summed E-state index contributed by atoms with van der Waals surface area (Å²) in [4.78, 5) is 16.9. The van der Waals surface area contributed by atoms with Gasteiger partial charge in [-0.1, -0.05) is 25.1 Å². The molecule has 0 bridgehead atoms. The summed E-state index contributed by atoms with van der Waals surface area (Å²) in [6.07, 6.45) is 2.58. The molecule has 3 rings (SSSR count). The molecule has 27 heavy (non-hydrogen) atoms. The molecular formula is C22H23N3O2. The van der Waals surface area contributed by atoms with Crippen molar-refractivity contribution in [3.63, 3.8) is 0 Å². The van der Waals surface area contributed by atoms with Crippen molar-refractivity contribution in [2.75, 3.05) is 17.7 Å². The smallest absolute Gasteiger partial charge is 0.255 e. The third-order valence-corrected chi connectivity index (χ3v) is 4.26. The Morgan fingerprint density at radius 2 is 1.85 bits per heavy atom. The molecule has 1 aromatic heterocycles. The Bertz CT molecular complexity index is 937. The third-order valence-electron chi connectivity index (χ3n) is 4.26. The van der Waals surface area contributed by atoms with Gasteiger partial charge < -0.3 is 15.4 Å². The number of benzene rings is 2. The second-order valence-electron chi connectivity index (χ2n) is 6.26. The molecule has 0 aliphatic carbocycles. The number of anilines is 3. The van der Waals surface area contributed by atoms with E-state index in [9.17, 15) is 4.79 Å². The number of hydrogen-bond donors (Lipinski definition) is 2. The lowest BCUT2D eigenvalue weighted by Gasteiger charge is -2.12. The van der Waals surface area contributed by atoms with Crippen LogP contribution >= 0.6 is 0 Å². The second kappa shape index (κ2) is 8.36. The van der Waals surface area contributed by atoms with Crippen LogP contribution in [0, 0.1) is 6.92 Å². The average Bonchev–Trinajstić information content (AvgIpc) is 2.69. The van der Waals surface area contributed by atoms with Crippen molar-refractivity contribution in [3.05, 3.63) is 77.5 Å². The van der Waals surface area contributed by atoms with E-state index in [1.807, 2.05) is 49.4 Å². The second-order valence-corrected chi connectivity index (χ2v) is 6.26. The normalized spacial score (nSPS) is 10.3. The summed E-state index contributed by atoms with van der Waals surface area (Å²) in [5, 5.41) is 6.14. The quantitative estimate of drug-likeness (QED) is 0.651. The van der Waals surface area contributed by atoms with Crippen LogP contribution in [0.3, 0.4) is 0 Å². The molecule has 138 valence electrons. The number of aryl methyl sites for hydroxylation is 2. The summed E-state index contributed by atoms with van der Waals surface area (Å²) in [6.45, 7) is 4.11. The Labute approximate surface area is 159 Å². The number of carbonyl (C=O) groups is 1. The molecule has 0 fully saturated rings. The van der Waals surface area contributed by atoms with Gasteiger partial charge in [0.25, 0.3) is 5.91 Å². The first-order valence-electron chi connectivity index (χ1n) is 8.87. The molecule has 0 saturated heterocycles. The fraction of sp³-hybridized carbons (Fsp3) is 0.182. The standard InChI is InChI=1S/C22H23N3O2/c1-4-16-6-8-18(9-7-16)24-22(26)17-11-12-23-21(14-17)25-19-13-15(2)5-10-20(19)27-3/h5-14H,4H2,1-3H3,(H,23,25)(H,24,26). The van der Waals surface area contributed by atoms with Crippen molar-refractivity contribution in [1.29, 1.82) is 0 Å². The number of rotatable bonds is 6. The molecule has 3 aromatic rings. The predicted molar refractivity (Wildman–Crippen MR) is 109 cm³/mol. The van der Waals surface area contributed by atoms with Gasteiger partial charge in [0.1, 0.15) is 11.6 Å². The van der Waals surface area contributed by atoms with Crippen LogP contribution in [0.25, 0.3) is 0 Å². The van der Waals surface area contributed by atoms with E-state index in [0.717, 1.165) is 23.4 Å². The summed E-state index contributed by atoms with van der Waals surface area (Å²) < 4.78 is 5.38. The highest BCUT2D eigenvalue weighted by Crippen LogP contribution is 2.28. The number of nitrogens with zero attached hydrogens (tertiary/aromatic N) is 1. The van der Waals surface area contributed by atoms with Crippen molar-refractivity contribution in [2.45, 2.75) is 20.3 Å². The molecule has 0 unspecified atom stereocenters. The van der Waals surface area contributed by atoms with E-state index >= 15 is 0 Å². The highest BCUT2D eigenvalue weighted by molar-refractivity contribution is 6.04. The highest BCUT2D eigenvalue weighted by atomic mass is 16.5. The van der Waals surface area contributed by atoms with Gasteiger partial charge >= 0.3 is 0 Å². The molecule has 5 heteroatoms. The SMILES string of the molecule is CCc1ccc(NC(=O)c2ccnc(Nc3cc(C)ccc3OC)c2)cc1. The van der Waals surface area contributed by atoms with Crippen LogP contribution in [0.4, 0.5) is 17.2 Å². The minimum absolute atomic E-state index is 0.180. The van der Waals surface area contributed by atoms with E-state index in [-0.39, 0.29) is 5.91 Å². The first kappa shape index (κ1) is 18.5. The van der Waals surface area contributed by atoms with Crippen molar-refractivity contribution in [3.8, 4) is 5.75 Å². The minimum atomic E-state index is -0.180. The van der Waals surface area contributed by atoms with E-state index < -0.39 is 0 Å². The number of pyridine rings is 1. The molecule has 5 nitrogen and oxygen atoms in total. The monoisotopic (exact) mass is 361 g/mol. The highest BCUT2D eigenvalue weighted by Gasteiger charge is 2.09. The van der Waals surface area contributed by atoms with Crippen molar-refractivity contribution in [2.24, 2.45) is 0 Å². The molecule has 2 aromatic carbocycles. The molecule has 0 spiro atoms. The van der Waals surface area contributed by atoms with Crippen LogP contribution in [-0.2, 0) is 6.42 Å². The molecule has 0 atom stereocenters. The van der Waals surface area contributed by atoms with Crippen molar-refractivity contribution < 1.29 is 9.53 Å². The molecule has 2 N–H and O–H groups in total. The third kappa shape index (κ3) is 4.64. The maximum absolute atomic E-state index is 12.6. The minimum Gasteiger partial charge on any atom is -0.495 e. The number of ether oxygens (including phenoxy) is 1. The fourth-order valence-corrected chi connectivity index (χ4v) is 2.72. The molecule has 1 heterocycles. The lowest BCUT2D eigenvalue weighted by atomic mass is 10.1. The van der Waals surface area contributed by atoms with Gasteiger partial charge in [-0.2, -0.15) is 0 Å². The molecule has 0 aliphatic rings. The van der Waals surface area contributed by atoms with E-state index in [1.165, 1.54) is 5.56 Å². The summed E-state index contributed by atoms with van der Waals surface area (Å²) in [6, 6.07) is 17.1. The number of nitrogens with one attached hydrogen (secondary N) is 2. The summed E-state index contributed by atoms with van der Waals surface area (Å²) >= 11 is 0. The van der Waals surface area contributed by atoms with E-state index in [0.29, 0.717) is 17.1 Å². The van der Waals surface area contributed by atoms with Crippen molar-refractivity contribution in [1.82, 2.24) is 4.98 Å². The molecule has 1 amide bonds. The van der Waals surface area contributed by atoms with Gasteiger partial charge in [0.2, 0.25) is 0 Å². The summed E-state index contributed by atoms with van der Waals surface area (Å²) in [5.41, 5.74) is 4.43. The summed E-state index contributed by atoms with van der Waals surface area (Å²) in [7, 11) is 1.62. The molecule has 0 radical (unpaired) electrons. The Balaban J connectivity index is 1.76. The Morgan fingerprint density at radius 1 is 1.07 bits per heavy atom. The predicted octanol–water partition coefficient (Wildman–Crippen LogP) is 4.96. The van der Waals surface area contributed by atoms with E-state index in [2.05, 4.69) is 22.5 Å². The number of carbonyl (C=O) groups excluding carboxylic acids is 1. The molecular weight excluding hydrogens is 338 g/mol. The molecule has 0 aliphatic heterocycles. The number of amides is 1. The summed E-state index contributed by atoms with van der Waals surface area (Å²) in [5.74, 6) is 1.11. The largest absolute Gasteiger partial charge is 0.495 e. The van der Waals surface area contributed by atoms with E-state index in [1.54, 1.807) is 25.4 Å². The van der Waals surface area contributed by atoms with Gasteiger partial charge in [0.05, 0.1) is 12.8 Å².